The van der Waals surface area contributed by atoms with E-state index in [-0.39, 0.29) is 5.91 Å². The smallest absolute Gasteiger partial charge is 0.251 e. The third-order valence-electron chi connectivity index (χ3n) is 3.12. The van der Waals surface area contributed by atoms with Gasteiger partial charge in [0.1, 0.15) is 0 Å². The Morgan fingerprint density at radius 2 is 1.89 bits per heavy atom. The summed E-state index contributed by atoms with van der Waals surface area (Å²) < 4.78 is 0. The standard InChI is InChI=1S/C16H26N2O/c1-4-6-7-11-18-16(19)15-9-8-14(12-13(15)3)17-10-5-2/h8-9,12,17H,4-7,10-11H2,1-3H3,(H,18,19). The van der Waals surface area contributed by atoms with Crippen LogP contribution < -0.4 is 10.6 Å². The second-order valence-corrected chi connectivity index (χ2v) is 4.92. The fourth-order valence-electron chi connectivity index (χ4n) is 1.97. The molecule has 0 radical (unpaired) electrons. The number of rotatable bonds is 8. The largest absolute Gasteiger partial charge is 0.385 e. The van der Waals surface area contributed by atoms with Crippen molar-refractivity contribution in [3.05, 3.63) is 29.3 Å². The van der Waals surface area contributed by atoms with Crippen LogP contribution in [0, 0.1) is 6.92 Å². The fourth-order valence-corrected chi connectivity index (χ4v) is 1.97. The number of hydrogen-bond donors (Lipinski definition) is 2. The summed E-state index contributed by atoms with van der Waals surface area (Å²) >= 11 is 0. The topological polar surface area (TPSA) is 41.1 Å². The van der Waals surface area contributed by atoms with E-state index in [2.05, 4.69) is 24.5 Å². The maximum atomic E-state index is 12.0. The Morgan fingerprint density at radius 1 is 1.11 bits per heavy atom. The molecule has 1 aromatic rings. The van der Waals surface area contributed by atoms with Crippen LogP contribution in [0.5, 0.6) is 0 Å². The summed E-state index contributed by atoms with van der Waals surface area (Å²) in [6, 6.07) is 5.92. The molecule has 0 aliphatic heterocycles. The van der Waals surface area contributed by atoms with Crippen molar-refractivity contribution in [1.29, 1.82) is 0 Å². The van der Waals surface area contributed by atoms with Gasteiger partial charge in [-0.3, -0.25) is 4.79 Å². The Labute approximate surface area is 116 Å². The van der Waals surface area contributed by atoms with Gasteiger partial charge in [0.05, 0.1) is 0 Å². The summed E-state index contributed by atoms with van der Waals surface area (Å²) in [5.74, 6) is 0.0376. The van der Waals surface area contributed by atoms with Gasteiger partial charge in [0.25, 0.3) is 5.91 Å². The molecule has 2 N–H and O–H groups in total. The van der Waals surface area contributed by atoms with Gasteiger partial charge < -0.3 is 10.6 Å². The van der Waals surface area contributed by atoms with E-state index >= 15 is 0 Å². The minimum atomic E-state index is 0.0376. The first-order valence-electron chi connectivity index (χ1n) is 7.31. The van der Waals surface area contributed by atoms with Crippen molar-refractivity contribution >= 4 is 11.6 Å². The van der Waals surface area contributed by atoms with Gasteiger partial charge in [-0.2, -0.15) is 0 Å². The summed E-state index contributed by atoms with van der Waals surface area (Å²) in [7, 11) is 0. The number of unbranched alkanes of at least 4 members (excludes halogenated alkanes) is 2. The molecule has 0 spiro atoms. The summed E-state index contributed by atoms with van der Waals surface area (Å²) in [6.07, 6.45) is 4.49. The molecule has 0 unspecified atom stereocenters. The third kappa shape index (κ3) is 5.33. The van der Waals surface area contributed by atoms with Crippen LogP contribution in [0.1, 0.15) is 55.5 Å². The lowest BCUT2D eigenvalue weighted by Gasteiger charge is -2.10. The first-order chi connectivity index (χ1) is 9.19. The maximum Gasteiger partial charge on any atom is 0.251 e. The second kappa shape index (κ2) is 8.57. The zero-order chi connectivity index (χ0) is 14.1. The predicted molar refractivity (Wildman–Crippen MR) is 81.8 cm³/mol. The average molecular weight is 262 g/mol. The van der Waals surface area contributed by atoms with E-state index in [0.29, 0.717) is 0 Å². The molecule has 1 amide bonds. The Kier molecular flexibility index (Phi) is 7.01. The summed E-state index contributed by atoms with van der Waals surface area (Å²) in [5, 5.41) is 6.31. The molecule has 0 saturated carbocycles. The second-order valence-electron chi connectivity index (χ2n) is 4.92. The Bertz CT molecular complexity index is 402. The normalized spacial score (nSPS) is 10.3. The van der Waals surface area contributed by atoms with Gasteiger partial charge in [-0.05, 0) is 43.5 Å². The first-order valence-corrected chi connectivity index (χ1v) is 7.31. The van der Waals surface area contributed by atoms with Crippen molar-refractivity contribution < 1.29 is 4.79 Å². The monoisotopic (exact) mass is 262 g/mol. The Hall–Kier alpha value is -1.51. The van der Waals surface area contributed by atoms with Gasteiger partial charge in [0.15, 0.2) is 0 Å². The molecule has 0 aromatic heterocycles. The number of benzene rings is 1. The average Bonchev–Trinajstić information content (AvgIpc) is 2.41. The highest BCUT2D eigenvalue weighted by molar-refractivity contribution is 5.96. The fraction of sp³-hybridized carbons (Fsp3) is 0.562. The van der Waals surface area contributed by atoms with Gasteiger partial charge in [-0.1, -0.05) is 26.7 Å². The van der Waals surface area contributed by atoms with Crippen LogP contribution in [-0.2, 0) is 0 Å². The van der Waals surface area contributed by atoms with Crippen molar-refractivity contribution in [2.45, 2.75) is 46.5 Å². The van der Waals surface area contributed by atoms with E-state index in [0.717, 1.165) is 42.7 Å². The molecule has 19 heavy (non-hydrogen) atoms. The summed E-state index contributed by atoms with van der Waals surface area (Å²) in [5.41, 5.74) is 2.88. The number of amides is 1. The van der Waals surface area contributed by atoms with Crippen LogP contribution in [0.2, 0.25) is 0 Å². The molecular formula is C16H26N2O. The molecule has 0 aliphatic rings. The SMILES string of the molecule is CCCCCNC(=O)c1ccc(NCCC)cc1C. The van der Waals surface area contributed by atoms with Crippen LogP contribution in [0.4, 0.5) is 5.69 Å². The van der Waals surface area contributed by atoms with E-state index in [1.165, 1.54) is 12.8 Å². The highest BCUT2D eigenvalue weighted by Gasteiger charge is 2.08. The molecular weight excluding hydrogens is 236 g/mol. The molecule has 1 aromatic carbocycles. The Morgan fingerprint density at radius 3 is 2.53 bits per heavy atom. The molecule has 3 nitrogen and oxygen atoms in total. The van der Waals surface area contributed by atoms with Gasteiger partial charge in [0, 0.05) is 24.3 Å². The Balaban J connectivity index is 2.55. The first kappa shape index (κ1) is 15.5. The van der Waals surface area contributed by atoms with Crippen LogP contribution in [0.3, 0.4) is 0 Å². The minimum Gasteiger partial charge on any atom is -0.385 e. The van der Waals surface area contributed by atoms with Crippen molar-refractivity contribution in [3.8, 4) is 0 Å². The summed E-state index contributed by atoms with van der Waals surface area (Å²) in [6.45, 7) is 8.01. The zero-order valence-corrected chi connectivity index (χ0v) is 12.4. The number of nitrogens with one attached hydrogen (secondary N) is 2. The number of anilines is 1. The molecule has 0 heterocycles. The molecule has 3 heteroatoms. The van der Waals surface area contributed by atoms with E-state index in [1.54, 1.807) is 0 Å². The van der Waals surface area contributed by atoms with E-state index < -0.39 is 0 Å². The number of aryl methyl sites for hydroxylation is 1. The number of hydrogen-bond acceptors (Lipinski definition) is 2. The van der Waals surface area contributed by atoms with E-state index in [4.69, 9.17) is 0 Å². The molecule has 0 bridgehead atoms. The lowest BCUT2D eigenvalue weighted by atomic mass is 10.1. The van der Waals surface area contributed by atoms with Gasteiger partial charge >= 0.3 is 0 Å². The lowest BCUT2D eigenvalue weighted by Crippen LogP contribution is -2.25. The quantitative estimate of drug-likeness (QED) is 0.701. The van der Waals surface area contributed by atoms with Crippen molar-refractivity contribution in [1.82, 2.24) is 5.32 Å². The molecule has 0 fully saturated rings. The van der Waals surface area contributed by atoms with Gasteiger partial charge in [-0.15, -0.1) is 0 Å². The van der Waals surface area contributed by atoms with E-state index in [9.17, 15) is 4.79 Å². The molecule has 0 saturated heterocycles. The van der Waals surface area contributed by atoms with Crippen LogP contribution in [0.25, 0.3) is 0 Å². The molecule has 106 valence electrons. The van der Waals surface area contributed by atoms with Crippen LogP contribution in [-0.4, -0.2) is 19.0 Å². The van der Waals surface area contributed by atoms with Crippen molar-refractivity contribution in [2.24, 2.45) is 0 Å². The van der Waals surface area contributed by atoms with Crippen LogP contribution >= 0.6 is 0 Å². The highest BCUT2D eigenvalue weighted by atomic mass is 16.1. The number of carbonyl (C=O) groups excluding carboxylic acids is 1. The van der Waals surface area contributed by atoms with E-state index in [1.807, 2.05) is 25.1 Å². The lowest BCUT2D eigenvalue weighted by molar-refractivity contribution is 0.0952. The third-order valence-corrected chi connectivity index (χ3v) is 3.12. The minimum absolute atomic E-state index is 0.0376. The van der Waals surface area contributed by atoms with Crippen molar-refractivity contribution in [3.63, 3.8) is 0 Å². The van der Waals surface area contributed by atoms with Gasteiger partial charge in [-0.25, -0.2) is 0 Å². The van der Waals surface area contributed by atoms with Gasteiger partial charge in [0.2, 0.25) is 0 Å². The molecule has 0 atom stereocenters. The maximum absolute atomic E-state index is 12.0. The highest BCUT2D eigenvalue weighted by Crippen LogP contribution is 2.15. The number of carbonyl (C=O) groups is 1. The zero-order valence-electron chi connectivity index (χ0n) is 12.4. The molecule has 0 aliphatic carbocycles. The summed E-state index contributed by atoms with van der Waals surface area (Å²) in [4.78, 5) is 12.0. The molecule has 1 rings (SSSR count). The van der Waals surface area contributed by atoms with Crippen LogP contribution in [0.15, 0.2) is 18.2 Å². The predicted octanol–water partition coefficient (Wildman–Crippen LogP) is 3.74. The van der Waals surface area contributed by atoms with Crippen molar-refractivity contribution in [2.75, 3.05) is 18.4 Å².